The van der Waals surface area contributed by atoms with Crippen LogP contribution in [0.25, 0.3) is 0 Å². The number of hydrogen-bond donors (Lipinski definition) is 1. The minimum atomic E-state index is 0.206. The van der Waals surface area contributed by atoms with Gasteiger partial charge >= 0.3 is 0 Å². The van der Waals surface area contributed by atoms with Gasteiger partial charge in [0, 0.05) is 5.92 Å². The van der Waals surface area contributed by atoms with E-state index < -0.39 is 0 Å². The monoisotopic (exact) mass is 396 g/mol. The molecule has 0 aliphatic heterocycles. The van der Waals surface area contributed by atoms with Gasteiger partial charge in [0.2, 0.25) is 4.77 Å². The summed E-state index contributed by atoms with van der Waals surface area (Å²) in [5, 5.41) is 11.5. The summed E-state index contributed by atoms with van der Waals surface area (Å²) in [6.45, 7) is 6.63. The van der Waals surface area contributed by atoms with Crippen LogP contribution < -0.4 is 9.47 Å². The van der Waals surface area contributed by atoms with Gasteiger partial charge in [-0.15, -0.1) is 0 Å². The summed E-state index contributed by atoms with van der Waals surface area (Å²) in [4.78, 5) is 0. The van der Waals surface area contributed by atoms with E-state index in [0.717, 1.165) is 17.0 Å². The molecule has 1 N–H and O–H groups in total. The topological polar surface area (TPSA) is 64.4 Å². The molecule has 0 unspecified atom stereocenters. The minimum absolute atomic E-state index is 0.206. The molecule has 3 aromatic rings. The SMILES string of the molecule is COc1cc(/C=N\n2c(C(C)C)n[nH]c2=S)ccc1OCc1ccc(C)cc1. The summed E-state index contributed by atoms with van der Waals surface area (Å²) in [7, 11) is 1.62. The Morgan fingerprint density at radius 1 is 1.18 bits per heavy atom. The van der Waals surface area contributed by atoms with Crippen LogP contribution in [0, 0.1) is 11.7 Å². The Bertz CT molecular complexity index is 1020. The van der Waals surface area contributed by atoms with Crippen LogP contribution in [-0.4, -0.2) is 28.2 Å². The second-order valence-corrected chi connectivity index (χ2v) is 7.17. The van der Waals surface area contributed by atoms with E-state index in [9.17, 15) is 0 Å². The van der Waals surface area contributed by atoms with E-state index in [-0.39, 0.29) is 5.92 Å². The Morgan fingerprint density at radius 2 is 1.93 bits per heavy atom. The van der Waals surface area contributed by atoms with Crippen molar-refractivity contribution in [3.05, 3.63) is 69.8 Å². The molecule has 0 saturated carbocycles. The van der Waals surface area contributed by atoms with E-state index in [2.05, 4.69) is 46.5 Å². The fraction of sp³-hybridized carbons (Fsp3) is 0.286. The molecule has 146 valence electrons. The van der Waals surface area contributed by atoms with Crippen molar-refractivity contribution in [3.8, 4) is 11.5 Å². The van der Waals surface area contributed by atoms with Crippen LogP contribution in [0.5, 0.6) is 11.5 Å². The largest absolute Gasteiger partial charge is 0.493 e. The highest BCUT2D eigenvalue weighted by molar-refractivity contribution is 7.71. The van der Waals surface area contributed by atoms with Crippen LogP contribution in [0.1, 0.15) is 42.3 Å². The van der Waals surface area contributed by atoms with Gasteiger partial charge in [-0.25, -0.2) is 0 Å². The van der Waals surface area contributed by atoms with Gasteiger partial charge in [-0.2, -0.15) is 14.9 Å². The number of aromatic nitrogens is 3. The van der Waals surface area contributed by atoms with E-state index in [1.165, 1.54) is 5.56 Å². The quantitative estimate of drug-likeness (QED) is 0.458. The van der Waals surface area contributed by atoms with E-state index >= 15 is 0 Å². The highest BCUT2D eigenvalue weighted by Gasteiger charge is 2.09. The van der Waals surface area contributed by atoms with Crippen LogP contribution >= 0.6 is 12.2 Å². The number of nitrogens with zero attached hydrogens (tertiary/aromatic N) is 3. The van der Waals surface area contributed by atoms with Crippen molar-refractivity contribution < 1.29 is 9.47 Å². The Labute approximate surface area is 169 Å². The highest BCUT2D eigenvalue weighted by Crippen LogP contribution is 2.28. The van der Waals surface area contributed by atoms with Gasteiger partial charge in [-0.1, -0.05) is 43.7 Å². The molecular weight excluding hydrogens is 372 g/mol. The normalized spacial score (nSPS) is 11.3. The molecule has 0 atom stereocenters. The Hall–Kier alpha value is -2.93. The number of aromatic amines is 1. The first-order chi connectivity index (χ1) is 13.5. The summed E-state index contributed by atoms with van der Waals surface area (Å²) < 4.78 is 13.5. The van der Waals surface area contributed by atoms with Crippen LogP contribution in [0.3, 0.4) is 0 Å². The van der Waals surface area contributed by atoms with Crippen LogP contribution in [0.15, 0.2) is 47.6 Å². The van der Waals surface area contributed by atoms with E-state index in [0.29, 0.717) is 22.9 Å². The predicted octanol–water partition coefficient (Wildman–Crippen LogP) is 4.84. The third kappa shape index (κ3) is 4.67. The van der Waals surface area contributed by atoms with Crippen molar-refractivity contribution in [1.82, 2.24) is 14.9 Å². The number of hydrogen-bond acceptors (Lipinski definition) is 5. The summed E-state index contributed by atoms with van der Waals surface area (Å²) in [6.07, 6.45) is 1.73. The van der Waals surface area contributed by atoms with Gasteiger partial charge in [-0.3, -0.25) is 5.10 Å². The maximum absolute atomic E-state index is 5.92. The predicted molar refractivity (Wildman–Crippen MR) is 113 cm³/mol. The standard InChI is InChI=1S/C21H24N4O2S/c1-14(2)20-23-24-21(28)25(20)22-12-17-9-10-18(19(11-17)26-4)27-13-16-7-5-15(3)6-8-16/h5-12,14H,13H2,1-4H3,(H,24,28)/b22-12-. The molecule has 0 fully saturated rings. The molecule has 0 radical (unpaired) electrons. The van der Waals surface area contributed by atoms with Gasteiger partial charge in [0.25, 0.3) is 0 Å². The molecule has 0 spiro atoms. The van der Waals surface area contributed by atoms with Crippen molar-refractivity contribution in [2.75, 3.05) is 7.11 Å². The number of rotatable bonds is 7. The molecule has 0 aliphatic carbocycles. The number of aryl methyl sites for hydroxylation is 1. The second kappa shape index (κ2) is 8.84. The maximum atomic E-state index is 5.92. The summed E-state index contributed by atoms with van der Waals surface area (Å²) in [6, 6.07) is 13.9. The number of ether oxygens (including phenoxy) is 2. The zero-order valence-electron chi connectivity index (χ0n) is 16.5. The highest BCUT2D eigenvalue weighted by atomic mass is 32.1. The molecule has 0 saturated heterocycles. The molecule has 7 heteroatoms. The van der Waals surface area contributed by atoms with Gasteiger partial charge in [0.05, 0.1) is 13.3 Å². The van der Waals surface area contributed by atoms with Crippen LogP contribution in [0.2, 0.25) is 0 Å². The Morgan fingerprint density at radius 3 is 2.61 bits per heavy atom. The molecular formula is C21H24N4O2S. The van der Waals surface area contributed by atoms with Crippen molar-refractivity contribution in [3.63, 3.8) is 0 Å². The summed E-state index contributed by atoms with van der Waals surface area (Å²) >= 11 is 5.25. The summed E-state index contributed by atoms with van der Waals surface area (Å²) in [5.74, 6) is 2.32. The number of H-pyrrole nitrogens is 1. The summed E-state index contributed by atoms with van der Waals surface area (Å²) in [5.41, 5.74) is 3.20. The average molecular weight is 397 g/mol. The molecule has 1 aromatic heterocycles. The molecule has 0 aliphatic rings. The zero-order chi connectivity index (χ0) is 20.1. The minimum Gasteiger partial charge on any atom is -0.493 e. The Kier molecular flexibility index (Phi) is 6.26. The third-order valence-corrected chi connectivity index (χ3v) is 4.48. The molecule has 28 heavy (non-hydrogen) atoms. The molecule has 0 bridgehead atoms. The van der Waals surface area contributed by atoms with E-state index in [1.807, 2.05) is 32.0 Å². The molecule has 3 rings (SSSR count). The van der Waals surface area contributed by atoms with Crippen LogP contribution in [-0.2, 0) is 6.61 Å². The molecule has 2 aromatic carbocycles. The average Bonchev–Trinajstić information content (AvgIpc) is 3.07. The van der Waals surface area contributed by atoms with Gasteiger partial charge < -0.3 is 9.47 Å². The first-order valence-electron chi connectivity index (χ1n) is 9.06. The smallest absolute Gasteiger partial charge is 0.216 e. The van der Waals surface area contributed by atoms with Crippen molar-refractivity contribution >= 4 is 18.4 Å². The Balaban J connectivity index is 1.77. The van der Waals surface area contributed by atoms with Gasteiger partial charge in [0.15, 0.2) is 17.3 Å². The third-order valence-electron chi connectivity index (χ3n) is 4.22. The lowest BCUT2D eigenvalue weighted by molar-refractivity contribution is 0.284. The molecule has 0 amide bonds. The number of benzene rings is 2. The lowest BCUT2D eigenvalue weighted by Crippen LogP contribution is -2.01. The van der Waals surface area contributed by atoms with Crippen molar-refractivity contribution in [2.24, 2.45) is 5.10 Å². The molecule has 6 nitrogen and oxygen atoms in total. The van der Waals surface area contributed by atoms with Gasteiger partial charge in [0.1, 0.15) is 6.61 Å². The zero-order valence-corrected chi connectivity index (χ0v) is 17.3. The first-order valence-corrected chi connectivity index (χ1v) is 9.47. The lowest BCUT2D eigenvalue weighted by atomic mass is 10.2. The maximum Gasteiger partial charge on any atom is 0.216 e. The number of methoxy groups -OCH3 is 1. The fourth-order valence-electron chi connectivity index (χ4n) is 2.64. The van der Waals surface area contributed by atoms with E-state index in [1.54, 1.807) is 18.0 Å². The van der Waals surface area contributed by atoms with Gasteiger partial charge in [-0.05, 0) is 48.5 Å². The fourth-order valence-corrected chi connectivity index (χ4v) is 2.83. The van der Waals surface area contributed by atoms with E-state index in [4.69, 9.17) is 21.7 Å². The lowest BCUT2D eigenvalue weighted by Gasteiger charge is -2.11. The molecule has 1 heterocycles. The second-order valence-electron chi connectivity index (χ2n) is 6.78. The van der Waals surface area contributed by atoms with Crippen molar-refractivity contribution in [1.29, 1.82) is 0 Å². The first kappa shape index (κ1) is 19.8. The number of nitrogens with one attached hydrogen (secondary N) is 1. The van der Waals surface area contributed by atoms with Crippen molar-refractivity contribution in [2.45, 2.75) is 33.3 Å². The van der Waals surface area contributed by atoms with Crippen LogP contribution in [0.4, 0.5) is 0 Å².